The Bertz CT molecular complexity index is 1120. The van der Waals surface area contributed by atoms with Crippen molar-refractivity contribution in [2.45, 2.75) is 6.42 Å². The molecule has 1 aromatic heterocycles. The predicted octanol–water partition coefficient (Wildman–Crippen LogP) is 2.12. The standard InChI is InChI=1S/C20H16N2O6/c23-15(12-6-7-16-17(10-12)27-9-3-8-26-16)11-28-20(25)18-13-4-1-2-5-14(13)19(24)22-21-18/h1-2,4-7,10H,3,8-9,11H2,(H,22,24). The minimum absolute atomic E-state index is 0.0540. The molecule has 1 aliphatic rings. The molecule has 0 aliphatic carbocycles. The maximum Gasteiger partial charge on any atom is 0.359 e. The lowest BCUT2D eigenvalue weighted by molar-refractivity contribution is 0.0470. The maximum atomic E-state index is 12.4. The average molecular weight is 380 g/mol. The highest BCUT2D eigenvalue weighted by Gasteiger charge is 2.19. The molecule has 8 nitrogen and oxygen atoms in total. The topological polar surface area (TPSA) is 108 Å². The molecule has 0 bridgehead atoms. The molecule has 1 aliphatic heterocycles. The van der Waals surface area contributed by atoms with Crippen LogP contribution in [0, 0.1) is 0 Å². The molecule has 3 aromatic rings. The number of nitrogens with one attached hydrogen (secondary N) is 1. The molecule has 2 aromatic carbocycles. The van der Waals surface area contributed by atoms with Gasteiger partial charge in [0.25, 0.3) is 5.56 Å². The summed E-state index contributed by atoms with van der Waals surface area (Å²) in [6.07, 6.45) is 0.760. The van der Waals surface area contributed by atoms with Gasteiger partial charge in [-0.25, -0.2) is 9.89 Å². The zero-order valence-corrected chi connectivity index (χ0v) is 14.8. The molecule has 0 atom stereocenters. The molecule has 0 unspecified atom stereocenters. The van der Waals surface area contributed by atoms with E-state index < -0.39 is 23.9 Å². The van der Waals surface area contributed by atoms with Crippen LogP contribution in [0.5, 0.6) is 11.5 Å². The summed E-state index contributed by atoms with van der Waals surface area (Å²) in [6.45, 7) is 0.593. The first kappa shape index (κ1) is 17.7. The van der Waals surface area contributed by atoms with Crippen LogP contribution in [-0.4, -0.2) is 41.8 Å². The number of esters is 1. The number of ketones is 1. The maximum absolute atomic E-state index is 12.4. The second kappa shape index (κ2) is 7.51. The number of fused-ring (bicyclic) bond motifs is 2. The number of hydrogen-bond acceptors (Lipinski definition) is 7. The van der Waals surface area contributed by atoms with Gasteiger partial charge in [-0.15, -0.1) is 0 Å². The van der Waals surface area contributed by atoms with Crippen molar-refractivity contribution in [2.24, 2.45) is 0 Å². The average Bonchev–Trinajstić information content (AvgIpc) is 2.97. The number of aromatic nitrogens is 2. The number of aromatic amines is 1. The van der Waals surface area contributed by atoms with E-state index >= 15 is 0 Å². The van der Waals surface area contributed by atoms with Crippen molar-refractivity contribution in [2.75, 3.05) is 19.8 Å². The number of nitrogens with zero attached hydrogens (tertiary/aromatic N) is 1. The Balaban J connectivity index is 1.50. The van der Waals surface area contributed by atoms with Crippen LogP contribution < -0.4 is 15.0 Å². The Morgan fingerprint density at radius 1 is 1.04 bits per heavy atom. The summed E-state index contributed by atoms with van der Waals surface area (Å²) < 4.78 is 16.2. The van der Waals surface area contributed by atoms with Crippen molar-refractivity contribution >= 4 is 22.5 Å². The summed E-state index contributed by atoms with van der Waals surface area (Å²) >= 11 is 0. The zero-order chi connectivity index (χ0) is 19.5. The van der Waals surface area contributed by atoms with E-state index in [0.29, 0.717) is 41.0 Å². The summed E-state index contributed by atoms with van der Waals surface area (Å²) in [5, 5.41) is 6.71. The smallest absolute Gasteiger partial charge is 0.359 e. The third kappa shape index (κ3) is 3.44. The lowest BCUT2D eigenvalue weighted by atomic mass is 10.1. The first-order valence-electron chi connectivity index (χ1n) is 8.71. The van der Waals surface area contributed by atoms with Gasteiger partial charge in [-0.3, -0.25) is 9.59 Å². The van der Waals surface area contributed by atoms with Crippen molar-refractivity contribution in [1.82, 2.24) is 10.2 Å². The lowest BCUT2D eigenvalue weighted by Crippen LogP contribution is -2.19. The molecule has 0 saturated heterocycles. The molecule has 142 valence electrons. The Morgan fingerprint density at radius 3 is 2.61 bits per heavy atom. The van der Waals surface area contributed by atoms with Gasteiger partial charge in [-0.05, 0) is 24.3 Å². The molecule has 1 N–H and O–H groups in total. The molecule has 4 rings (SSSR count). The van der Waals surface area contributed by atoms with Gasteiger partial charge in [0.1, 0.15) is 0 Å². The van der Waals surface area contributed by atoms with E-state index in [1.165, 1.54) is 0 Å². The second-order valence-electron chi connectivity index (χ2n) is 6.16. The van der Waals surface area contributed by atoms with Crippen molar-refractivity contribution in [1.29, 1.82) is 0 Å². The predicted molar refractivity (Wildman–Crippen MR) is 99.0 cm³/mol. The number of benzene rings is 2. The number of rotatable bonds is 4. The first-order chi connectivity index (χ1) is 13.6. The lowest BCUT2D eigenvalue weighted by Gasteiger charge is -2.09. The Labute approximate surface area is 159 Å². The van der Waals surface area contributed by atoms with Crippen molar-refractivity contribution in [3.8, 4) is 11.5 Å². The number of carbonyl (C=O) groups is 2. The first-order valence-corrected chi connectivity index (χ1v) is 8.71. The van der Waals surface area contributed by atoms with Crippen LogP contribution in [0.4, 0.5) is 0 Å². The molecule has 0 amide bonds. The van der Waals surface area contributed by atoms with E-state index in [1.807, 2.05) is 0 Å². The van der Waals surface area contributed by atoms with Crippen molar-refractivity contribution < 1.29 is 23.8 Å². The fourth-order valence-corrected chi connectivity index (χ4v) is 2.89. The second-order valence-corrected chi connectivity index (χ2v) is 6.16. The van der Waals surface area contributed by atoms with Gasteiger partial charge in [0, 0.05) is 17.4 Å². The molecule has 28 heavy (non-hydrogen) atoms. The van der Waals surface area contributed by atoms with Gasteiger partial charge in [0.05, 0.1) is 18.6 Å². The van der Waals surface area contributed by atoms with E-state index in [4.69, 9.17) is 14.2 Å². The third-order valence-corrected chi connectivity index (χ3v) is 4.29. The number of hydrogen-bond donors (Lipinski definition) is 1. The highest BCUT2D eigenvalue weighted by Crippen LogP contribution is 2.30. The SMILES string of the molecule is O=C(COC(=O)c1n[nH]c(=O)c2ccccc12)c1ccc2c(c1)OCCCO2. The number of H-pyrrole nitrogens is 1. The molecule has 0 fully saturated rings. The zero-order valence-electron chi connectivity index (χ0n) is 14.8. The quantitative estimate of drug-likeness (QED) is 0.546. The molecule has 2 heterocycles. The van der Waals surface area contributed by atoms with Gasteiger partial charge in [0.15, 0.2) is 29.6 Å². The molecule has 0 radical (unpaired) electrons. The summed E-state index contributed by atoms with van der Waals surface area (Å²) in [7, 11) is 0. The van der Waals surface area contributed by atoms with E-state index in [1.54, 1.807) is 42.5 Å². The number of Topliss-reactive ketones (excluding diaryl/α,β-unsaturated/α-hetero) is 1. The number of carbonyl (C=O) groups excluding carboxylic acids is 2. The molecule has 8 heteroatoms. The number of ether oxygens (including phenoxy) is 3. The highest BCUT2D eigenvalue weighted by molar-refractivity contribution is 6.04. The fraction of sp³-hybridized carbons (Fsp3) is 0.200. The van der Waals surface area contributed by atoms with E-state index in [0.717, 1.165) is 6.42 Å². The minimum atomic E-state index is -0.796. The molecule has 0 spiro atoms. The Hall–Kier alpha value is -3.68. The van der Waals surface area contributed by atoms with Crippen LogP contribution in [0.25, 0.3) is 10.8 Å². The van der Waals surface area contributed by atoms with Gasteiger partial charge in [0.2, 0.25) is 0 Å². The molecular formula is C20H16N2O6. The van der Waals surface area contributed by atoms with E-state index in [2.05, 4.69) is 10.2 Å². The van der Waals surface area contributed by atoms with Crippen LogP contribution in [0.1, 0.15) is 27.3 Å². The van der Waals surface area contributed by atoms with Crippen LogP contribution in [0.15, 0.2) is 47.3 Å². The summed E-state index contributed by atoms with van der Waals surface area (Å²) in [5.41, 5.74) is -0.117. The van der Waals surface area contributed by atoms with E-state index in [9.17, 15) is 14.4 Å². The van der Waals surface area contributed by atoms with Crippen molar-refractivity contribution in [3.05, 3.63) is 64.1 Å². The molecule has 0 saturated carbocycles. The minimum Gasteiger partial charge on any atom is -0.490 e. The van der Waals surface area contributed by atoms with Crippen LogP contribution >= 0.6 is 0 Å². The van der Waals surface area contributed by atoms with Crippen LogP contribution in [0.3, 0.4) is 0 Å². The van der Waals surface area contributed by atoms with Crippen LogP contribution in [0.2, 0.25) is 0 Å². The Kier molecular flexibility index (Phi) is 4.76. The normalized spacial score (nSPS) is 13.0. The van der Waals surface area contributed by atoms with Gasteiger partial charge >= 0.3 is 5.97 Å². The molecular weight excluding hydrogens is 364 g/mol. The van der Waals surface area contributed by atoms with Gasteiger partial charge < -0.3 is 14.2 Å². The summed E-state index contributed by atoms with van der Waals surface area (Å²) in [4.78, 5) is 36.6. The summed E-state index contributed by atoms with van der Waals surface area (Å²) in [6, 6.07) is 11.4. The fourth-order valence-electron chi connectivity index (χ4n) is 2.89. The Morgan fingerprint density at radius 2 is 1.79 bits per heavy atom. The monoisotopic (exact) mass is 380 g/mol. The third-order valence-electron chi connectivity index (χ3n) is 4.29. The largest absolute Gasteiger partial charge is 0.490 e. The summed E-state index contributed by atoms with van der Waals surface area (Å²) in [5.74, 6) is -0.120. The van der Waals surface area contributed by atoms with Gasteiger partial charge in [-0.1, -0.05) is 18.2 Å². The van der Waals surface area contributed by atoms with E-state index in [-0.39, 0.29) is 5.69 Å². The van der Waals surface area contributed by atoms with Crippen molar-refractivity contribution in [3.63, 3.8) is 0 Å². The van der Waals surface area contributed by atoms with Gasteiger partial charge in [-0.2, -0.15) is 5.10 Å². The highest BCUT2D eigenvalue weighted by atomic mass is 16.5. The van der Waals surface area contributed by atoms with Crippen LogP contribution in [-0.2, 0) is 4.74 Å².